The van der Waals surface area contributed by atoms with Crippen molar-refractivity contribution in [1.82, 2.24) is 47.3 Å². The van der Waals surface area contributed by atoms with Crippen LogP contribution in [0.4, 0.5) is 0 Å². The quantitative estimate of drug-likeness (QED) is 0.0304. The molecule has 0 bridgehead atoms. The van der Waals surface area contributed by atoms with E-state index in [1.165, 1.54) is 69.5 Å². The maximum Gasteiger partial charge on any atom is 0.332 e. The molecule has 10 heterocycles. The SMILES string of the molecule is C=Cn1cc(C2OC(CCP(=C)(C)C)[C@@H](O)[C@H]2O)c(=O)[nH]c1=O.C=P(C)(C)CCC1OC(c2cn(C)c(=O)n(C)c2=O)[C@H](O)[C@@H]1O.C=P(C)(C)CCC1OC(c2cn(CC)c(=O)[nH]c2=O)[C@H](O)[C@@H]1O.C=P(C)(C)CCC1OC(c2cn(CCC)c(=O)[nH]c2=O)[C@H](O)[C@@H]1O.C=P(C)(C)CCC1OC(c2cn(CCCC)c(=O)[nH]c2=O)[C@H](O)[C@@H]1O. The highest BCUT2D eigenvalue weighted by Crippen LogP contribution is 2.45. The van der Waals surface area contributed by atoms with E-state index in [2.05, 4.69) is 125 Å². The number of aromatic nitrogens is 10. The molecule has 0 spiro atoms. The summed E-state index contributed by atoms with van der Waals surface area (Å²) in [6.07, 6.45) is 19.3. The molecule has 40 heteroatoms. The molecule has 5 aromatic heterocycles. The number of rotatable bonds is 27. The van der Waals surface area contributed by atoms with Crippen LogP contribution in [-0.4, -0.2) is 319 Å². The molecule has 5 saturated heterocycles. The third kappa shape index (κ3) is 27.3. The number of aromatic amines is 4. The van der Waals surface area contributed by atoms with E-state index >= 15 is 0 Å². The molecule has 118 heavy (non-hydrogen) atoms. The largest absolute Gasteiger partial charge is 0.388 e. The van der Waals surface area contributed by atoms with Crippen LogP contribution in [0.5, 0.6) is 0 Å². The molecular formula is C78H129N10O25P5. The van der Waals surface area contributed by atoms with Crippen molar-refractivity contribution in [1.29, 1.82) is 0 Å². The minimum absolute atomic E-state index is 0.0854. The zero-order valence-electron chi connectivity index (χ0n) is 70.6. The number of nitrogens with zero attached hydrogens (tertiary/aromatic N) is 6. The smallest absolute Gasteiger partial charge is 0.332 e. The van der Waals surface area contributed by atoms with Crippen molar-refractivity contribution >= 4 is 72.1 Å². The number of hydrogen-bond acceptors (Lipinski definition) is 25. The third-order valence-electron chi connectivity index (χ3n) is 20.8. The molecule has 5 aliphatic heterocycles. The van der Waals surface area contributed by atoms with E-state index in [4.69, 9.17) is 23.7 Å². The fourth-order valence-corrected chi connectivity index (χ4v) is 18.6. The third-order valence-corrected chi connectivity index (χ3v) is 28.1. The summed E-state index contributed by atoms with van der Waals surface area (Å²) in [5, 5.41) is 102. The maximum absolute atomic E-state index is 12.3. The number of nitrogens with one attached hydrogen (secondary N) is 4. The Labute approximate surface area is 685 Å². The summed E-state index contributed by atoms with van der Waals surface area (Å²) < 4.78 is 36.2. The molecule has 35 nitrogen and oxygen atoms in total. The van der Waals surface area contributed by atoms with Crippen LogP contribution in [0.3, 0.4) is 0 Å². The Morgan fingerprint density at radius 2 is 0.627 bits per heavy atom. The second-order valence-corrected chi connectivity index (χ2v) is 56.0. The zero-order chi connectivity index (χ0) is 89.1. The van der Waals surface area contributed by atoms with E-state index in [9.17, 15) is 99.0 Å². The van der Waals surface area contributed by atoms with Gasteiger partial charge in [0.25, 0.3) is 27.8 Å². The average Bonchev–Trinajstić information content (AvgIpc) is 1.60. The molecule has 10 unspecified atom stereocenters. The van der Waals surface area contributed by atoms with Gasteiger partial charge in [0.15, 0.2) is 0 Å². The molecule has 14 N–H and O–H groups in total. The molecule has 10 rings (SSSR count). The maximum atomic E-state index is 12.3. The summed E-state index contributed by atoms with van der Waals surface area (Å²) in [6, 6.07) is 0. The van der Waals surface area contributed by atoms with E-state index in [1.54, 1.807) is 6.92 Å². The van der Waals surface area contributed by atoms with E-state index in [0.29, 0.717) is 51.7 Å². The number of aryl methyl sites for hydroxylation is 4. The zero-order valence-corrected chi connectivity index (χ0v) is 75.1. The molecular weight excluding hydrogens is 1630 g/mol. The molecule has 5 fully saturated rings. The summed E-state index contributed by atoms with van der Waals surface area (Å²) in [5.74, 6) is 0. The van der Waals surface area contributed by atoms with Crippen molar-refractivity contribution in [2.45, 2.75) is 214 Å². The first-order valence-electron chi connectivity index (χ1n) is 39.3. The molecule has 0 amide bonds. The summed E-state index contributed by atoms with van der Waals surface area (Å²) in [7, 11) is 2.90. The lowest BCUT2D eigenvalue weighted by Crippen LogP contribution is -2.40. The van der Waals surface area contributed by atoms with Crippen LogP contribution in [0.25, 0.3) is 6.20 Å². The van der Waals surface area contributed by atoms with Gasteiger partial charge in [0.05, 0.1) is 58.3 Å². The van der Waals surface area contributed by atoms with Gasteiger partial charge in [0, 0.05) is 70.9 Å². The summed E-state index contributed by atoms with van der Waals surface area (Å²) in [4.78, 5) is 128. The van der Waals surface area contributed by atoms with Gasteiger partial charge in [-0.2, -0.15) is 0 Å². The van der Waals surface area contributed by atoms with Gasteiger partial charge in [-0.1, -0.05) is 26.8 Å². The van der Waals surface area contributed by atoms with E-state index in [1.807, 2.05) is 13.8 Å². The first-order chi connectivity index (χ1) is 54.6. The lowest BCUT2D eigenvalue weighted by Gasteiger charge is -2.18. The Balaban J connectivity index is 0.000000229. The Morgan fingerprint density at radius 1 is 0.364 bits per heavy atom. The summed E-state index contributed by atoms with van der Waals surface area (Å²) in [5.41, 5.74) is -4.72. The number of hydrogen-bond donors (Lipinski definition) is 14. The Morgan fingerprint density at radius 3 is 0.898 bits per heavy atom. The molecule has 0 aliphatic carbocycles. The molecule has 0 aromatic carbocycles. The van der Waals surface area contributed by atoms with Crippen LogP contribution in [0.15, 0.2) is 85.5 Å². The van der Waals surface area contributed by atoms with E-state index in [0.717, 1.165) is 59.2 Å². The minimum atomic E-state index is -1.28. The highest BCUT2D eigenvalue weighted by molar-refractivity contribution is 7.73. The van der Waals surface area contributed by atoms with Crippen LogP contribution < -0.4 is 56.2 Å². The average molecular weight is 1760 g/mol. The van der Waals surface area contributed by atoms with Crippen LogP contribution >= 0.6 is 34.4 Å². The lowest BCUT2D eigenvalue weighted by molar-refractivity contribution is 0.00476. The van der Waals surface area contributed by atoms with Crippen molar-refractivity contribution in [3.63, 3.8) is 0 Å². The number of aliphatic hydroxyl groups is 10. The lowest BCUT2D eigenvalue weighted by atomic mass is 10.0. The number of aliphatic hydroxyl groups excluding tert-OH is 10. The molecule has 666 valence electrons. The number of ether oxygens (including phenoxy) is 5. The first-order valence-corrected chi connectivity index (χ1v) is 54.5. The monoisotopic (exact) mass is 1760 g/mol. The number of H-pyrrole nitrogens is 4. The fraction of sp³-hybridized carbons (Fsp3) is 0.654. The van der Waals surface area contributed by atoms with Gasteiger partial charge in [-0.05, 0) is 149 Å². The molecule has 0 saturated carbocycles. The second kappa shape index (κ2) is 42.4. The Kier molecular flexibility index (Phi) is 36.3. The summed E-state index contributed by atoms with van der Waals surface area (Å²) >= 11 is 0. The van der Waals surface area contributed by atoms with Crippen molar-refractivity contribution in [3.05, 3.63) is 170 Å². The Hall–Kier alpha value is -5.96. The fourth-order valence-electron chi connectivity index (χ4n) is 13.8. The van der Waals surface area contributed by atoms with Crippen molar-refractivity contribution < 1.29 is 74.7 Å². The van der Waals surface area contributed by atoms with Crippen LogP contribution in [0.1, 0.15) is 130 Å². The van der Waals surface area contributed by atoms with Gasteiger partial charge in [-0.15, -0.1) is 65.9 Å². The van der Waals surface area contributed by atoms with Crippen molar-refractivity contribution in [2.75, 3.05) is 97.5 Å². The van der Waals surface area contributed by atoms with Crippen LogP contribution in [-0.2, 0) is 57.4 Å². The second-order valence-electron chi connectivity index (χ2n) is 34.5. The van der Waals surface area contributed by atoms with Gasteiger partial charge in [0.2, 0.25) is 0 Å². The van der Waals surface area contributed by atoms with Gasteiger partial charge in [-0.3, -0.25) is 53.0 Å². The molecule has 5 aliphatic rings. The van der Waals surface area contributed by atoms with Crippen molar-refractivity contribution in [3.8, 4) is 0 Å². The van der Waals surface area contributed by atoms with Gasteiger partial charge in [0.1, 0.15) is 91.6 Å². The minimum Gasteiger partial charge on any atom is -0.388 e. The highest BCUT2D eigenvalue weighted by atomic mass is 31.2. The molecule has 20 atom stereocenters. The highest BCUT2D eigenvalue weighted by Gasteiger charge is 2.49. The van der Waals surface area contributed by atoms with Gasteiger partial charge >= 0.3 is 28.4 Å². The van der Waals surface area contributed by atoms with E-state index < -0.39 is 213 Å². The van der Waals surface area contributed by atoms with Gasteiger partial charge < -0.3 is 93.0 Å². The van der Waals surface area contributed by atoms with Crippen LogP contribution in [0, 0.1) is 0 Å². The van der Waals surface area contributed by atoms with Gasteiger partial charge in [-0.25, -0.2) is 24.0 Å². The predicted octanol–water partition coefficient (Wildman–Crippen LogP) is -0.134. The first kappa shape index (κ1) is 101. The predicted molar refractivity (Wildman–Crippen MR) is 474 cm³/mol. The van der Waals surface area contributed by atoms with Crippen molar-refractivity contribution in [2.24, 2.45) is 14.1 Å². The normalized spacial score (nSPS) is 27.8. The standard InChI is InChI=1S/C17H29N2O5P.C16H27N2O5P.2C15H25N2O5P.C15H23N2O5P/c1-5-6-8-19-10-11(16(22)18-17(19)23)15-14(21)13(20)12(24-15)7-9-25(2,3)4;1-5-7-18-9-10(15(21)17-16(18)22)14-13(20)12(19)11(23-14)6-8-24(2,3)4;1-16-8-9(14(20)17(2)15(16)21)13-12(19)11(18)10(22-13)6-7-23(3,4)5;2*1-5-17-8-9(14(20)16-15(17)21)13-12(19)11(18)10(22-13)6-7-23(2,3)4/h10,12-15,20-21H,2,5-9H2,1,3-4H3,(H,18,22,23);9,11-14,19-20H,2,5-8H2,1,3-4H3,(H,17,21,22);8,10-13,18-19H,3,6-7H2,1-2,4-5H3;8,10-13,18-19H,2,5-7H2,1,3-4H3,(H,16,20,21);5,8,10-13,18-19H,1-2,6-7H2,3-4H3,(H,16,20,21)/t12?,13-,14-,15?;11?,12-,13-,14?;3*10?,11-,12-,13?/m11111/s1. The molecule has 5 aromatic rings. The van der Waals surface area contributed by atoms with Crippen LogP contribution in [0.2, 0.25) is 0 Å². The Bertz CT molecular complexity index is 5160. The molecule has 0 radical (unpaired) electrons. The topological polar surface area (TPSA) is 512 Å². The summed E-state index contributed by atoms with van der Waals surface area (Å²) in [6.45, 7) is 25.0. The van der Waals surface area contributed by atoms with E-state index in [-0.39, 0.29) is 27.8 Å². The number of unbranched alkanes of at least 4 members (excludes halogenated alkanes) is 1.